The second-order valence-corrected chi connectivity index (χ2v) is 5.55. The minimum absolute atomic E-state index is 0.0652. The molecule has 0 aliphatic heterocycles. The Morgan fingerprint density at radius 1 is 1.20 bits per heavy atom. The molecule has 0 heterocycles. The Kier molecular flexibility index (Phi) is 5.89. The minimum atomic E-state index is -0.512. The number of rotatable bonds is 6. The molecule has 0 saturated heterocycles. The first-order chi connectivity index (χ1) is 11.9. The van der Waals surface area contributed by atoms with Gasteiger partial charge in [-0.05, 0) is 55.8 Å². The summed E-state index contributed by atoms with van der Waals surface area (Å²) >= 11 is 0. The second-order valence-electron chi connectivity index (χ2n) is 5.55. The first kappa shape index (κ1) is 18.2. The number of phenolic OH excluding ortho intramolecular Hbond substituents is 1. The fourth-order valence-electron chi connectivity index (χ4n) is 2.05. The summed E-state index contributed by atoms with van der Waals surface area (Å²) in [7, 11) is 1.59. The van der Waals surface area contributed by atoms with Crippen molar-refractivity contribution in [1.82, 2.24) is 0 Å². The number of nitrogens with zero attached hydrogens (tertiary/aromatic N) is 2. The zero-order valence-electron chi connectivity index (χ0n) is 14.4. The van der Waals surface area contributed by atoms with Gasteiger partial charge in [0, 0.05) is 11.1 Å². The Hall–Kier alpha value is -3.15. The molecule has 2 aromatic carbocycles. The SMILES string of the molecule is C=C(C)C(=O)OCc1cc(C)cc(/N=N/c2ccc(OC)cc2)c1O. The lowest BCUT2D eigenvalue weighted by Gasteiger charge is -2.09. The molecule has 6 nitrogen and oxygen atoms in total. The number of ether oxygens (including phenoxy) is 2. The summed E-state index contributed by atoms with van der Waals surface area (Å²) in [6.07, 6.45) is 0. The van der Waals surface area contributed by atoms with Crippen LogP contribution in [0.15, 0.2) is 58.8 Å². The highest BCUT2D eigenvalue weighted by Gasteiger charge is 2.11. The summed E-state index contributed by atoms with van der Waals surface area (Å²) in [6.45, 7) is 6.87. The molecule has 0 saturated carbocycles. The van der Waals surface area contributed by atoms with Crippen molar-refractivity contribution in [3.8, 4) is 11.5 Å². The number of esters is 1. The number of phenols is 1. The van der Waals surface area contributed by atoms with Crippen LogP contribution >= 0.6 is 0 Å². The molecule has 0 unspecified atom stereocenters. The number of carbonyl (C=O) groups is 1. The van der Waals surface area contributed by atoms with Crippen LogP contribution in [0.4, 0.5) is 11.4 Å². The van der Waals surface area contributed by atoms with Crippen LogP contribution in [0.1, 0.15) is 18.1 Å². The number of hydrogen-bond acceptors (Lipinski definition) is 6. The standard InChI is InChI=1S/C19H20N2O4/c1-12(2)19(23)25-11-14-9-13(3)10-17(18(14)22)21-20-15-5-7-16(24-4)8-6-15/h5-10,22H,1,11H2,2-4H3/b21-20+. The van der Waals surface area contributed by atoms with Gasteiger partial charge in [-0.3, -0.25) is 0 Å². The van der Waals surface area contributed by atoms with Gasteiger partial charge in [-0.25, -0.2) is 4.79 Å². The fraction of sp³-hybridized carbons (Fsp3) is 0.211. The molecule has 1 N–H and O–H groups in total. The van der Waals surface area contributed by atoms with E-state index in [9.17, 15) is 9.90 Å². The molecule has 0 aliphatic carbocycles. The van der Waals surface area contributed by atoms with Crippen LogP contribution in [0, 0.1) is 6.92 Å². The van der Waals surface area contributed by atoms with Crippen LogP contribution in [-0.4, -0.2) is 18.2 Å². The van der Waals surface area contributed by atoms with E-state index in [1.165, 1.54) is 0 Å². The van der Waals surface area contributed by atoms with Crippen molar-refractivity contribution in [3.63, 3.8) is 0 Å². The highest BCUT2D eigenvalue weighted by molar-refractivity contribution is 5.86. The van der Waals surface area contributed by atoms with Crippen LogP contribution in [0.25, 0.3) is 0 Å². The third kappa shape index (κ3) is 4.91. The van der Waals surface area contributed by atoms with Crippen LogP contribution in [0.2, 0.25) is 0 Å². The molecule has 0 bridgehead atoms. The van der Waals surface area contributed by atoms with Gasteiger partial charge in [-0.2, -0.15) is 5.11 Å². The molecular weight excluding hydrogens is 320 g/mol. The highest BCUT2D eigenvalue weighted by atomic mass is 16.5. The van der Waals surface area contributed by atoms with E-state index in [2.05, 4.69) is 16.8 Å². The third-order valence-electron chi connectivity index (χ3n) is 3.37. The molecule has 25 heavy (non-hydrogen) atoms. The largest absolute Gasteiger partial charge is 0.505 e. The molecule has 0 radical (unpaired) electrons. The quantitative estimate of drug-likeness (QED) is 0.468. The number of hydrogen-bond donors (Lipinski definition) is 1. The van der Waals surface area contributed by atoms with E-state index in [4.69, 9.17) is 9.47 Å². The highest BCUT2D eigenvalue weighted by Crippen LogP contribution is 2.33. The van der Waals surface area contributed by atoms with Crippen LogP contribution in [0.3, 0.4) is 0 Å². The molecule has 0 amide bonds. The molecule has 2 rings (SSSR count). The number of methoxy groups -OCH3 is 1. The van der Waals surface area contributed by atoms with E-state index >= 15 is 0 Å². The predicted octanol–water partition coefficient (Wildman–Crippen LogP) is 4.74. The number of azo groups is 1. The lowest BCUT2D eigenvalue weighted by Crippen LogP contribution is -2.05. The number of carbonyl (C=O) groups excluding carboxylic acids is 1. The lowest BCUT2D eigenvalue weighted by molar-refractivity contribution is -0.140. The summed E-state index contributed by atoms with van der Waals surface area (Å²) in [5, 5.41) is 18.5. The van der Waals surface area contributed by atoms with E-state index in [1.54, 1.807) is 50.4 Å². The molecule has 2 aromatic rings. The van der Waals surface area contributed by atoms with E-state index in [0.717, 1.165) is 11.3 Å². The van der Waals surface area contributed by atoms with Crippen LogP contribution in [0.5, 0.6) is 11.5 Å². The smallest absolute Gasteiger partial charge is 0.333 e. The van der Waals surface area contributed by atoms with E-state index in [0.29, 0.717) is 22.5 Å². The first-order valence-corrected chi connectivity index (χ1v) is 7.61. The Morgan fingerprint density at radius 2 is 1.88 bits per heavy atom. The Morgan fingerprint density at radius 3 is 2.48 bits per heavy atom. The lowest BCUT2D eigenvalue weighted by atomic mass is 10.1. The molecule has 0 spiro atoms. The van der Waals surface area contributed by atoms with Crippen molar-refractivity contribution in [1.29, 1.82) is 0 Å². The molecule has 0 atom stereocenters. The molecule has 0 aliphatic rings. The maximum atomic E-state index is 11.5. The van der Waals surface area contributed by atoms with Gasteiger partial charge in [0.05, 0.1) is 12.8 Å². The second kappa shape index (κ2) is 8.10. The maximum absolute atomic E-state index is 11.5. The van der Waals surface area contributed by atoms with Crippen LogP contribution in [-0.2, 0) is 16.1 Å². The van der Waals surface area contributed by atoms with Gasteiger partial charge in [-0.1, -0.05) is 6.58 Å². The van der Waals surface area contributed by atoms with Gasteiger partial charge in [0.15, 0.2) is 0 Å². The van der Waals surface area contributed by atoms with Gasteiger partial charge in [0.25, 0.3) is 0 Å². The zero-order valence-corrected chi connectivity index (χ0v) is 14.4. The summed E-state index contributed by atoms with van der Waals surface area (Å²) in [5.74, 6) is 0.138. The Labute approximate surface area is 146 Å². The Balaban J connectivity index is 2.21. The van der Waals surface area contributed by atoms with Crippen molar-refractivity contribution in [2.24, 2.45) is 10.2 Å². The molecule has 0 aromatic heterocycles. The summed E-state index contributed by atoms with van der Waals surface area (Å²) in [4.78, 5) is 11.5. The Bertz CT molecular complexity index is 811. The number of benzene rings is 2. The fourth-order valence-corrected chi connectivity index (χ4v) is 2.05. The van der Waals surface area contributed by atoms with Gasteiger partial charge in [0.2, 0.25) is 0 Å². The molecule has 0 fully saturated rings. The van der Waals surface area contributed by atoms with E-state index < -0.39 is 5.97 Å². The third-order valence-corrected chi connectivity index (χ3v) is 3.37. The summed E-state index contributed by atoms with van der Waals surface area (Å²) < 4.78 is 10.2. The van der Waals surface area contributed by atoms with Crippen molar-refractivity contribution < 1.29 is 19.4 Å². The average molecular weight is 340 g/mol. The monoisotopic (exact) mass is 340 g/mol. The molecule has 130 valence electrons. The average Bonchev–Trinajstić information content (AvgIpc) is 2.60. The zero-order chi connectivity index (χ0) is 18.4. The van der Waals surface area contributed by atoms with Crippen molar-refractivity contribution in [2.45, 2.75) is 20.5 Å². The van der Waals surface area contributed by atoms with E-state index in [1.807, 2.05) is 6.92 Å². The number of aromatic hydroxyl groups is 1. The van der Waals surface area contributed by atoms with Gasteiger partial charge in [-0.15, -0.1) is 5.11 Å². The maximum Gasteiger partial charge on any atom is 0.333 e. The molecular formula is C19H20N2O4. The van der Waals surface area contributed by atoms with Crippen LogP contribution < -0.4 is 4.74 Å². The van der Waals surface area contributed by atoms with E-state index in [-0.39, 0.29) is 12.4 Å². The van der Waals surface area contributed by atoms with Gasteiger partial charge < -0.3 is 14.6 Å². The van der Waals surface area contributed by atoms with Gasteiger partial charge in [0.1, 0.15) is 23.8 Å². The summed E-state index contributed by atoms with van der Waals surface area (Å²) in [5.41, 5.74) is 2.54. The predicted molar refractivity (Wildman–Crippen MR) is 94.6 cm³/mol. The minimum Gasteiger partial charge on any atom is -0.505 e. The van der Waals surface area contributed by atoms with Crippen molar-refractivity contribution >= 4 is 17.3 Å². The summed E-state index contributed by atoms with van der Waals surface area (Å²) in [6, 6.07) is 10.5. The topological polar surface area (TPSA) is 80.5 Å². The first-order valence-electron chi connectivity index (χ1n) is 7.61. The molecule has 6 heteroatoms. The number of aryl methyl sites for hydroxylation is 1. The van der Waals surface area contributed by atoms with Crippen molar-refractivity contribution in [3.05, 3.63) is 59.7 Å². The van der Waals surface area contributed by atoms with Crippen molar-refractivity contribution in [2.75, 3.05) is 7.11 Å². The normalized spacial score (nSPS) is 10.7. The van der Waals surface area contributed by atoms with Gasteiger partial charge >= 0.3 is 5.97 Å².